The van der Waals surface area contributed by atoms with Gasteiger partial charge in [0.2, 0.25) is 6.29 Å². The third-order valence-corrected chi connectivity index (χ3v) is 5.16. The first-order valence-electron chi connectivity index (χ1n) is 9.34. The Morgan fingerprint density at radius 1 is 1.00 bits per heavy atom. The number of benzene rings is 2. The molecular formula is C21H22O8. The standard InChI is InChI=1S/C21H22O8/c22-10-17-18(24)19(25)20(26)21(29-17)27-12-6-7-15-13(8-12)14(23)9-16(28-15)11-4-2-1-3-5-11/h1-8,16-22,24-26H,9-10H2/t16?,17-,18-,19+,20-,21-/m1/s1. The second kappa shape index (κ2) is 8.10. The maximum absolute atomic E-state index is 12.6. The molecule has 1 unspecified atom stereocenters. The summed E-state index contributed by atoms with van der Waals surface area (Å²) in [5.74, 6) is 0.541. The van der Waals surface area contributed by atoms with Gasteiger partial charge in [0.15, 0.2) is 5.78 Å². The largest absolute Gasteiger partial charge is 0.484 e. The number of carbonyl (C=O) groups excluding carboxylic acids is 1. The van der Waals surface area contributed by atoms with Gasteiger partial charge >= 0.3 is 0 Å². The third-order valence-electron chi connectivity index (χ3n) is 5.16. The van der Waals surface area contributed by atoms with E-state index in [4.69, 9.17) is 14.2 Å². The predicted molar refractivity (Wildman–Crippen MR) is 99.6 cm³/mol. The lowest BCUT2D eigenvalue weighted by molar-refractivity contribution is -0.277. The van der Waals surface area contributed by atoms with Crippen LogP contribution in [0, 0.1) is 0 Å². The molecule has 8 nitrogen and oxygen atoms in total. The molecule has 29 heavy (non-hydrogen) atoms. The number of Topliss-reactive ketones (excluding diaryl/α,β-unsaturated/α-hetero) is 1. The minimum Gasteiger partial charge on any atom is -0.484 e. The van der Waals surface area contributed by atoms with Gasteiger partial charge in [-0.25, -0.2) is 0 Å². The van der Waals surface area contributed by atoms with Gasteiger partial charge in [0.05, 0.1) is 18.6 Å². The minimum atomic E-state index is -1.54. The van der Waals surface area contributed by atoms with Gasteiger partial charge < -0.3 is 34.6 Å². The number of aliphatic hydroxyl groups excluding tert-OH is 4. The summed E-state index contributed by atoms with van der Waals surface area (Å²) in [6.45, 7) is -0.553. The molecule has 1 saturated heterocycles. The quantitative estimate of drug-likeness (QED) is 0.585. The van der Waals surface area contributed by atoms with E-state index in [9.17, 15) is 25.2 Å². The van der Waals surface area contributed by atoms with Crippen molar-refractivity contribution in [3.63, 3.8) is 0 Å². The molecule has 8 heteroatoms. The monoisotopic (exact) mass is 402 g/mol. The number of ketones is 1. The summed E-state index contributed by atoms with van der Waals surface area (Å²) in [7, 11) is 0. The van der Waals surface area contributed by atoms with E-state index >= 15 is 0 Å². The number of hydrogen-bond donors (Lipinski definition) is 4. The van der Waals surface area contributed by atoms with E-state index in [0.29, 0.717) is 11.3 Å². The van der Waals surface area contributed by atoms with E-state index in [1.54, 1.807) is 12.1 Å². The molecule has 4 N–H and O–H groups in total. The average Bonchev–Trinajstić information content (AvgIpc) is 2.75. The fraction of sp³-hybridized carbons (Fsp3) is 0.381. The topological polar surface area (TPSA) is 126 Å². The molecule has 1 fully saturated rings. The van der Waals surface area contributed by atoms with Crippen molar-refractivity contribution < 1.29 is 39.4 Å². The number of fused-ring (bicyclic) bond motifs is 1. The Hall–Kier alpha value is -2.49. The number of aliphatic hydroxyl groups is 4. The van der Waals surface area contributed by atoms with E-state index in [0.717, 1.165) is 5.56 Å². The van der Waals surface area contributed by atoms with Crippen molar-refractivity contribution in [2.75, 3.05) is 6.61 Å². The lowest BCUT2D eigenvalue weighted by Crippen LogP contribution is -2.60. The molecule has 6 atom stereocenters. The number of carbonyl (C=O) groups is 1. The number of hydrogen-bond acceptors (Lipinski definition) is 8. The summed E-state index contributed by atoms with van der Waals surface area (Å²) in [6.07, 6.45) is -7.12. The lowest BCUT2D eigenvalue weighted by Gasteiger charge is -2.39. The van der Waals surface area contributed by atoms with Gasteiger partial charge in [-0.2, -0.15) is 0 Å². The molecule has 0 bridgehead atoms. The molecule has 2 aliphatic heterocycles. The normalized spacial score (nSPS) is 31.7. The molecule has 2 heterocycles. The Bertz CT molecular complexity index is 868. The van der Waals surface area contributed by atoms with Crippen LogP contribution in [0.3, 0.4) is 0 Å². The van der Waals surface area contributed by atoms with Crippen LogP contribution in [-0.4, -0.2) is 63.5 Å². The Kier molecular flexibility index (Phi) is 5.53. The molecular weight excluding hydrogens is 380 g/mol. The van der Waals surface area contributed by atoms with Crippen LogP contribution in [0.25, 0.3) is 0 Å². The van der Waals surface area contributed by atoms with Crippen molar-refractivity contribution in [2.45, 2.75) is 43.2 Å². The van der Waals surface area contributed by atoms with Crippen LogP contribution in [0.15, 0.2) is 48.5 Å². The third kappa shape index (κ3) is 3.85. The van der Waals surface area contributed by atoms with Crippen LogP contribution in [0.5, 0.6) is 11.5 Å². The van der Waals surface area contributed by atoms with Gasteiger partial charge in [0.25, 0.3) is 0 Å². The molecule has 2 aromatic carbocycles. The molecule has 0 aromatic heterocycles. The molecule has 4 rings (SSSR count). The highest BCUT2D eigenvalue weighted by molar-refractivity contribution is 6.00. The second-order valence-corrected chi connectivity index (χ2v) is 7.12. The van der Waals surface area contributed by atoms with E-state index < -0.39 is 37.3 Å². The first-order valence-corrected chi connectivity index (χ1v) is 9.34. The lowest BCUT2D eigenvalue weighted by atomic mass is 9.96. The van der Waals surface area contributed by atoms with Gasteiger partial charge in [-0.1, -0.05) is 30.3 Å². The number of ether oxygens (including phenoxy) is 3. The predicted octanol–water partition coefficient (Wildman–Crippen LogP) is 0.572. The Morgan fingerprint density at radius 3 is 2.48 bits per heavy atom. The van der Waals surface area contributed by atoms with Crippen LogP contribution in [0.2, 0.25) is 0 Å². The van der Waals surface area contributed by atoms with Crippen molar-refractivity contribution in [3.05, 3.63) is 59.7 Å². The zero-order chi connectivity index (χ0) is 20.5. The summed E-state index contributed by atoms with van der Waals surface area (Å²) >= 11 is 0. The minimum absolute atomic E-state index is 0.112. The van der Waals surface area contributed by atoms with Crippen molar-refractivity contribution in [2.24, 2.45) is 0 Å². The van der Waals surface area contributed by atoms with Gasteiger partial charge in [-0.15, -0.1) is 0 Å². The summed E-state index contributed by atoms with van der Waals surface area (Å²) in [4.78, 5) is 12.6. The first-order chi connectivity index (χ1) is 14.0. The summed E-state index contributed by atoms with van der Waals surface area (Å²) in [6, 6.07) is 14.1. The van der Waals surface area contributed by atoms with Crippen molar-refractivity contribution in [3.8, 4) is 11.5 Å². The highest BCUT2D eigenvalue weighted by Crippen LogP contribution is 2.37. The zero-order valence-electron chi connectivity index (χ0n) is 15.4. The van der Waals surface area contributed by atoms with E-state index in [-0.39, 0.29) is 24.1 Å². The van der Waals surface area contributed by atoms with Gasteiger partial charge in [-0.3, -0.25) is 4.79 Å². The Balaban J connectivity index is 1.52. The molecule has 0 radical (unpaired) electrons. The molecule has 0 spiro atoms. The van der Waals surface area contributed by atoms with Gasteiger partial charge in [-0.05, 0) is 23.8 Å². The van der Waals surface area contributed by atoms with Crippen LogP contribution in [0.1, 0.15) is 28.4 Å². The van der Waals surface area contributed by atoms with Crippen molar-refractivity contribution in [1.82, 2.24) is 0 Å². The van der Waals surface area contributed by atoms with Crippen LogP contribution >= 0.6 is 0 Å². The maximum Gasteiger partial charge on any atom is 0.229 e. The SMILES string of the molecule is O=C1CC(c2ccccc2)Oc2ccc(O[C@@H]3O[C@H](CO)[C@@H](O)[C@H](O)[C@H]3O)cc21. The molecule has 2 aliphatic rings. The van der Waals surface area contributed by atoms with Crippen LogP contribution in [0.4, 0.5) is 0 Å². The van der Waals surface area contributed by atoms with Crippen LogP contribution in [-0.2, 0) is 4.74 Å². The summed E-state index contributed by atoms with van der Waals surface area (Å²) in [5, 5.41) is 39.1. The maximum atomic E-state index is 12.6. The first kappa shape index (κ1) is 19.8. The molecule has 0 aliphatic carbocycles. The molecule has 2 aromatic rings. The smallest absolute Gasteiger partial charge is 0.229 e. The fourth-order valence-electron chi connectivity index (χ4n) is 3.53. The van der Waals surface area contributed by atoms with Crippen molar-refractivity contribution in [1.29, 1.82) is 0 Å². The molecule has 0 amide bonds. The van der Waals surface area contributed by atoms with Gasteiger partial charge in [0.1, 0.15) is 42.0 Å². The van der Waals surface area contributed by atoms with Crippen LogP contribution < -0.4 is 9.47 Å². The zero-order valence-corrected chi connectivity index (χ0v) is 15.4. The second-order valence-electron chi connectivity index (χ2n) is 7.12. The number of rotatable bonds is 4. The highest BCUT2D eigenvalue weighted by Gasteiger charge is 2.44. The molecule has 154 valence electrons. The fourth-order valence-corrected chi connectivity index (χ4v) is 3.53. The van der Waals surface area contributed by atoms with E-state index in [1.807, 2.05) is 30.3 Å². The Morgan fingerprint density at radius 2 is 1.76 bits per heavy atom. The Labute approximate surface area is 166 Å². The van der Waals surface area contributed by atoms with Gasteiger partial charge in [0, 0.05) is 0 Å². The molecule has 0 saturated carbocycles. The van der Waals surface area contributed by atoms with Crippen molar-refractivity contribution >= 4 is 5.78 Å². The average molecular weight is 402 g/mol. The summed E-state index contributed by atoms with van der Waals surface area (Å²) < 4.78 is 16.9. The summed E-state index contributed by atoms with van der Waals surface area (Å²) in [5.41, 5.74) is 1.26. The highest BCUT2D eigenvalue weighted by atomic mass is 16.7. The van der Waals surface area contributed by atoms with E-state index in [2.05, 4.69) is 0 Å². The van der Waals surface area contributed by atoms with E-state index in [1.165, 1.54) is 6.07 Å².